The number of nitriles is 1. The number of thioether (sulfide) groups is 1. The van der Waals surface area contributed by atoms with E-state index in [9.17, 15) is 10.1 Å². The summed E-state index contributed by atoms with van der Waals surface area (Å²) in [5, 5.41) is 14.0. The normalized spacial score (nSPS) is 13.4. The largest absolute Gasteiger partial charge is 0.324 e. The van der Waals surface area contributed by atoms with E-state index in [2.05, 4.69) is 16.4 Å². The van der Waals surface area contributed by atoms with Crippen LogP contribution in [-0.2, 0) is 17.6 Å². The summed E-state index contributed by atoms with van der Waals surface area (Å²) in [5.41, 5.74) is 4.39. The number of pyridine rings is 2. The molecule has 0 fully saturated rings. The fourth-order valence-corrected chi connectivity index (χ4v) is 4.23. The summed E-state index contributed by atoms with van der Waals surface area (Å²) in [6.45, 7) is 0. The molecular formula is C22H20N4OS. The minimum atomic E-state index is -0.136. The number of hydrogen-bond donors (Lipinski definition) is 1. The number of para-hydroxylation sites is 1. The quantitative estimate of drug-likeness (QED) is 0.526. The van der Waals surface area contributed by atoms with Crippen LogP contribution in [0.2, 0.25) is 0 Å². The maximum Gasteiger partial charge on any atom is 0.234 e. The molecule has 0 saturated heterocycles. The van der Waals surface area contributed by atoms with E-state index in [0.29, 0.717) is 16.3 Å². The Morgan fingerprint density at radius 1 is 1.18 bits per heavy atom. The van der Waals surface area contributed by atoms with Crippen LogP contribution < -0.4 is 5.32 Å². The molecule has 0 radical (unpaired) electrons. The number of anilines is 1. The number of nitrogens with one attached hydrogen (secondary N) is 1. The van der Waals surface area contributed by atoms with E-state index in [-0.39, 0.29) is 11.7 Å². The predicted molar refractivity (Wildman–Crippen MR) is 111 cm³/mol. The third-order valence-corrected chi connectivity index (χ3v) is 5.84. The summed E-state index contributed by atoms with van der Waals surface area (Å²) in [6.07, 6.45) is 7.07. The average molecular weight is 388 g/mol. The number of carbonyl (C=O) groups excluding carboxylic acids is 1. The summed E-state index contributed by atoms with van der Waals surface area (Å²) >= 11 is 1.32. The van der Waals surface area contributed by atoms with Gasteiger partial charge in [0.05, 0.1) is 28.7 Å². The van der Waals surface area contributed by atoms with Gasteiger partial charge < -0.3 is 5.32 Å². The molecule has 0 bridgehead atoms. The number of fused-ring (bicyclic) bond motifs is 2. The van der Waals surface area contributed by atoms with Crippen molar-refractivity contribution in [2.75, 3.05) is 11.1 Å². The van der Waals surface area contributed by atoms with Gasteiger partial charge >= 0.3 is 0 Å². The summed E-state index contributed by atoms with van der Waals surface area (Å²) < 4.78 is 0. The number of nitrogens with zero attached hydrogens (tertiary/aromatic N) is 3. The Balaban J connectivity index is 1.45. The van der Waals surface area contributed by atoms with Gasteiger partial charge in [-0.3, -0.25) is 9.78 Å². The minimum Gasteiger partial charge on any atom is -0.324 e. The smallest absolute Gasteiger partial charge is 0.234 e. The molecule has 4 rings (SSSR count). The molecule has 0 aliphatic heterocycles. The Morgan fingerprint density at radius 2 is 2.04 bits per heavy atom. The molecule has 1 amide bonds. The molecule has 6 heteroatoms. The van der Waals surface area contributed by atoms with Gasteiger partial charge in [-0.15, -0.1) is 0 Å². The predicted octanol–water partition coefficient (Wildman–Crippen LogP) is 4.50. The molecule has 0 atom stereocenters. The number of aromatic nitrogens is 2. The monoisotopic (exact) mass is 388 g/mol. The van der Waals surface area contributed by atoms with E-state index in [0.717, 1.165) is 42.3 Å². The van der Waals surface area contributed by atoms with Gasteiger partial charge in [0.2, 0.25) is 5.91 Å². The van der Waals surface area contributed by atoms with Gasteiger partial charge in [-0.05, 0) is 49.4 Å². The van der Waals surface area contributed by atoms with Crippen molar-refractivity contribution >= 4 is 34.3 Å². The van der Waals surface area contributed by atoms with Crippen LogP contribution in [0.25, 0.3) is 10.9 Å². The fourth-order valence-electron chi connectivity index (χ4n) is 3.45. The SMILES string of the molecule is N#Cc1cc2c(nc1SCC(=O)Nc1cnc3ccccc3c1)CCCCC2. The summed E-state index contributed by atoms with van der Waals surface area (Å²) in [6, 6.07) is 13.9. The number of aryl methyl sites for hydroxylation is 2. The summed E-state index contributed by atoms with van der Waals surface area (Å²) in [5.74, 6) is 0.0653. The highest BCUT2D eigenvalue weighted by Crippen LogP contribution is 2.27. The van der Waals surface area contributed by atoms with E-state index in [4.69, 9.17) is 4.98 Å². The highest BCUT2D eigenvalue weighted by molar-refractivity contribution is 8.00. The molecular weight excluding hydrogens is 368 g/mol. The molecule has 1 aliphatic rings. The van der Waals surface area contributed by atoms with Gasteiger partial charge in [-0.2, -0.15) is 5.26 Å². The highest BCUT2D eigenvalue weighted by atomic mass is 32.2. The molecule has 0 unspecified atom stereocenters. The molecule has 1 N–H and O–H groups in total. The zero-order chi connectivity index (χ0) is 19.3. The summed E-state index contributed by atoms with van der Waals surface area (Å²) in [7, 11) is 0. The van der Waals surface area contributed by atoms with Crippen molar-refractivity contribution in [3.63, 3.8) is 0 Å². The lowest BCUT2D eigenvalue weighted by Gasteiger charge is -2.10. The van der Waals surface area contributed by atoms with Crippen molar-refractivity contribution in [3.05, 3.63) is 59.4 Å². The van der Waals surface area contributed by atoms with Crippen LogP contribution in [0.3, 0.4) is 0 Å². The van der Waals surface area contributed by atoms with Crippen LogP contribution in [0.15, 0.2) is 47.6 Å². The first-order valence-electron chi connectivity index (χ1n) is 9.43. The Kier molecular flexibility index (Phi) is 5.54. The van der Waals surface area contributed by atoms with Crippen LogP contribution in [0.4, 0.5) is 5.69 Å². The van der Waals surface area contributed by atoms with Gasteiger partial charge in [0.1, 0.15) is 11.1 Å². The fraction of sp³-hybridized carbons (Fsp3) is 0.273. The molecule has 28 heavy (non-hydrogen) atoms. The van der Waals surface area contributed by atoms with Gasteiger partial charge in [0.25, 0.3) is 0 Å². The first-order valence-corrected chi connectivity index (χ1v) is 10.4. The van der Waals surface area contributed by atoms with E-state index in [1.807, 2.05) is 36.4 Å². The number of amides is 1. The van der Waals surface area contributed by atoms with Gasteiger partial charge in [0.15, 0.2) is 0 Å². The number of benzene rings is 1. The van der Waals surface area contributed by atoms with Crippen LogP contribution in [-0.4, -0.2) is 21.6 Å². The van der Waals surface area contributed by atoms with Crippen molar-refractivity contribution in [3.8, 4) is 6.07 Å². The zero-order valence-corrected chi connectivity index (χ0v) is 16.3. The average Bonchev–Trinajstić information content (AvgIpc) is 2.96. The zero-order valence-electron chi connectivity index (χ0n) is 15.4. The van der Waals surface area contributed by atoms with Crippen molar-refractivity contribution in [2.24, 2.45) is 0 Å². The topological polar surface area (TPSA) is 78.7 Å². The molecule has 1 aromatic carbocycles. The minimum absolute atomic E-state index is 0.136. The molecule has 3 aromatic rings. The number of carbonyl (C=O) groups is 1. The maximum atomic E-state index is 12.4. The standard InChI is InChI=1S/C22H20N4OS/c23-12-17-10-15-6-2-1-3-9-20(15)26-22(17)28-14-21(27)25-18-11-16-7-4-5-8-19(16)24-13-18/h4-5,7-8,10-11,13H,1-3,6,9,14H2,(H,25,27). The van der Waals surface area contributed by atoms with Crippen molar-refractivity contribution in [1.82, 2.24) is 9.97 Å². The highest BCUT2D eigenvalue weighted by Gasteiger charge is 2.15. The van der Waals surface area contributed by atoms with Crippen molar-refractivity contribution in [1.29, 1.82) is 5.26 Å². The molecule has 0 saturated carbocycles. The Labute approximate surface area is 168 Å². The van der Waals surface area contributed by atoms with Crippen LogP contribution in [0, 0.1) is 11.3 Å². The second kappa shape index (κ2) is 8.41. The molecule has 5 nitrogen and oxygen atoms in total. The molecule has 1 aliphatic carbocycles. The maximum absolute atomic E-state index is 12.4. The summed E-state index contributed by atoms with van der Waals surface area (Å²) in [4.78, 5) is 21.5. The van der Waals surface area contributed by atoms with Crippen molar-refractivity contribution < 1.29 is 4.79 Å². The first-order chi connectivity index (χ1) is 13.7. The third-order valence-electron chi connectivity index (χ3n) is 4.85. The lowest BCUT2D eigenvalue weighted by Crippen LogP contribution is -2.14. The Morgan fingerprint density at radius 3 is 2.93 bits per heavy atom. The number of rotatable bonds is 4. The lowest BCUT2D eigenvalue weighted by molar-refractivity contribution is -0.113. The van der Waals surface area contributed by atoms with Crippen LogP contribution >= 0.6 is 11.8 Å². The van der Waals surface area contributed by atoms with Gasteiger partial charge in [-0.1, -0.05) is 36.4 Å². The van der Waals surface area contributed by atoms with E-state index in [1.165, 1.54) is 23.7 Å². The molecule has 140 valence electrons. The first kappa shape index (κ1) is 18.5. The van der Waals surface area contributed by atoms with Crippen LogP contribution in [0.1, 0.15) is 36.1 Å². The van der Waals surface area contributed by atoms with E-state index >= 15 is 0 Å². The van der Waals surface area contributed by atoms with E-state index in [1.54, 1.807) is 6.20 Å². The third kappa shape index (κ3) is 4.15. The Hall–Kier alpha value is -2.91. The number of hydrogen-bond acceptors (Lipinski definition) is 5. The van der Waals surface area contributed by atoms with Crippen molar-refractivity contribution in [2.45, 2.75) is 37.1 Å². The van der Waals surface area contributed by atoms with Gasteiger partial charge in [-0.25, -0.2) is 4.98 Å². The molecule has 2 heterocycles. The van der Waals surface area contributed by atoms with Gasteiger partial charge in [0, 0.05) is 11.1 Å². The molecule has 0 spiro atoms. The second-order valence-corrected chi connectivity index (χ2v) is 7.84. The molecule has 2 aromatic heterocycles. The van der Waals surface area contributed by atoms with Crippen LogP contribution in [0.5, 0.6) is 0 Å². The Bertz CT molecular complexity index is 1070. The second-order valence-electron chi connectivity index (χ2n) is 6.87. The van der Waals surface area contributed by atoms with E-state index < -0.39 is 0 Å². The lowest BCUT2D eigenvalue weighted by atomic mass is 10.1.